The van der Waals surface area contributed by atoms with Crippen molar-refractivity contribution in [2.45, 2.75) is 6.92 Å². The van der Waals surface area contributed by atoms with Gasteiger partial charge in [-0.3, -0.25) is 4.79 Å². The average molecular weight is 320 g/mol. The molecule has 1 amide bonds. The highest BCUT2D eigenvalue weighted by Gasteiger charge is 2.06. The lowest BCUT2D eigenvalue weighted by Crippen LogP contribution is -2.12. The van der Waals surface area contributed by atoms with Crippen molar-refractivity contribution in [1.29, 1.82) is 0 Å². The van der Waals surface area contributed by atoms with Gasteiger partial charge in [0.25, 0.3) is 5.91 Å². The second-order valence-electron chi connectivity index (χ2n) is 3.92. The number of nitrogens with one attached hydrogen (secondary N) is 2. The molecular weight excluding hydrogens is 306 g/mol. The minimum absolute atomic E-state index is 0.169. The predicted molar refractivity (Wildman–Crippen MR) is 80.5 cm³/mol. The Kier molecular flexibility index (Phi) is 4.52. The molecule has 0 unspecified atom stereocenters. The molecular formula is C14H14BrN3O. The van der Waals surface area contributed by atoms with Crippen LogP contribution in [0.15, 0.2) is 47.1 Å². The maximum atomic E-state index is 12.0. The van der Waals surface area contributed by atoms with Gasteiger partial charge in [0.2, 0.25) is 0 Å². The van der Waals surface area contributed by atoms with Gasteiger partial charge < -0.3 is 10.6 Å². The average Bonchev–Trinajstić information content (AvgIpc) is 2.42. The van der Waals surface area contributed by atoms with E-state index in [0.29, 0.717) is 11.4 Å². The summed E-state index contributed by atoms with van der Waals surface area (Å²) in [5, 5.41) is 5.93. The third kappa shape index (κ3) is 3.79. The molecule has 0 saturated carbocycles. The molecule has 1 aromatic carbocycles. The van der Waals surface area contributed by atoms with E-state index in [-0.39, 0.29) is 5.91 Å². The first-order valence-corrected chi connectivity index (χ1v) is 6.75. The van der Waals surface area contributed by atoms with E-state index in [1.165, 1.54) is 0 Å². The van der Waals surface area contributed by atoms with Crippen LogP contribution in [0.1, 0.15) is 17.3 Å². The Morgan fingerprint density at radius 2 is 1.95 bits per heavy atom. The van der Waals surface area contributed by atoms with Crippen molar-refractivity contribution in [2.75, 3.05) is 17.2 Å². The number of halogens is 1. The van der Waals surface area contributed by atoms with Gasteiger partial charge in [-0.25, -0.2) is 4.98 Å². The second-order valence-corrected chi connectivity index (χ2v) is 4.84. The molecule has 98 valence electrons. The third-order valence-corrected chi connectivity index (χ3v) is 2.97. The minimum Gasteiger partial charge on any atom is -0.385 e. The molecule has 0 aliphatic rings. The summed E-state index contributed by atoms with van der Waals surface area (Å²) in [5.41, 5.74) is 1.60. The number of carbonyl (C=O) groups is 1. The topological polar surface area (TPSA) is 54.0 Å². The smallest absolute Gasteiger partial charge is 0.256 e. The zero-order valence-electron chi connectivity index (χ0n) is 10.5. The summed E-state index contributed by atoms with van der Waals surface area (Å²) in [6.45, 7) is 2.88. The van der Waals surface area contributed by atoms with Crippen LogP contribution in [0.2, 0.25) is 0 Å². The summed E-state index contributed by atoms with van der Waals surface area (Å²) in [6.07, 6.45) is 1.64. The number of rotatable bonds is 4. The lowest BCUT2D eigenvalue weighted by molar-refractivity contribution is 0.102. The Balaban J connectivity index is 2.05. The van der Waals surface area contributed by atoms with Crippen molar-refractivity contribution in [3.8, 4) is 0 Å². The molecule has 0 atom stereocenters. The Morgan fingerprint density at radius 1 is 1.21 bits per heavy atom. The summed E-state index contributed by atoms with van der Waals surface area (Å²) < 4.78 is 0.875. The highest BCUT2D eigenvalue weighted by molar-refractivity contribution is 9.10. The van der Waals surface area contributed by atoms with Crippen LogP contribution in [0.4, 0.5) is 11.5 Å². The van der Waals surface area contributed by atoms with E-state index in [1.54, 1.807) is 24.4 Å². The van der Waals surface area contributed by atoms with Gasteiger partial charge in [0.1, 0.15) is 5.82 Å². The molecule has 2 rings (SSSR count). The Morgan fingerprint density at radius 3 is 2.53 bits per heavy atom. The molecule has 2 aromatic rings. The minimum atomic E-state index is -0.169. The largest absolute Gasteiger partial charge is 0.385 e. The van der Waals surface area contributed by atoms with Gasteiger partial charge in [0.05, 0.1) is 0 Å². The number of pyridine rings is 1. The summed E-state index contributed by atoms with van der Waals surface area (Å²) in [7, 11) is 0. The van der Waals surface area contributed by atoms with E-state index in [2.05, 4.69) is 31.5 Å². The number of hydrogen-bond donors (Lipinski definition) is 2. The molecule has 5 heteroatoms. The highest BCUT2D eigenvalue weighted by atomic mass is 79.9. The van der Waals surface area contributed by atoms with Crippen molar-refractivity contribution in [1.82, 2.24) is 4.98 Å². The lowest BCUT2D eigenvalue weighted by Gasteiger charge is -2.06. The fraction of sp³-hybridized carbons (Fsp3) is 0.143. The first-order chi connectivity index (χ1) is 9.19. The van der Waals surface area contributed by atoms with Crippen LogP contribution >= 0.6 is 15.9 Å². The van der Waals surface area contributed by atoms with Crippen molar-refractivity contribution >= 4 is 33.3 Å². The number of nitrogens with zero attached hydrogens (tertiary/aromatic N) is 1. The molecule has 2 N–H and O–H groups in total. The van der Waals surface area contributed by atoms with Crippen LogP contribution in [0.25, 0.3) is 0 Å². The van der Waals surface area contributed by atoms with Crippen LogP contribution < -0.4 is 10.6 Å². The van der Waals surface area contributed by atoms with E-state index >= 15 is 0 Å². The quantitative estimate of drug-likeness (QED) is 0.906. The van der Waals surface area contributed by atoms with E-state index in [1.807, 2.05) is 25.1 Å². The number of anilines is 2. The fourth-order valence-corrected chi connectivity index (χ4v) is 1.82. The third-order valence-electron chi connectivity index (χ3n) is 2.50. The number of carbonyl (C=O) groups excluding carboxylic acids is 1. The van der Waals surface area contributed by atoms with Gasteiger partial charge >= 0.3 is 0 Å². The van der Waals surface area contributed by atoms with Crippen molar-refractivity contribution in [2.24, 2.45) is 0 Å². The van der Waals surface area contributed by atoms with Crippen LogP contribution in [0.3, 0.4) is 0 Å². The van der Waals surface area contributed by atoms with E-state index < -0.39 is 0 Å². The maximum absolute atomic E-state index is 12.0. The molecule has 4 nitrogen and oxygen atoms in total. The van der Waals surface area contributed by atoms with Gasteiger partial charge in [0, 0.05) is 28.5 Å². The van der Waals surface area contributed by atoms with Gasteiger partial charge in [0.15, 0.2) is 0 Å². The summed E-state index contributed by atoms with van der Waals surface area (Å²) in [5.74, 6) is 0.363. The van der Waals surface area contributed by atoms with Gasteiger partial charge in [-0.1, -0.05) is 0 Å². The first-order valence-electron chi connectivity index (χ1n) is 5.96. The number of aromatic nitrogens is 1. The highest BCUT2D eigenvalue weighted by Crippen LogP contribution is 2.13. The van der Waals surface area contributed by atoms with Crippen molar-refractivity contribution in [3.63, 3.8) is 0 Å². The standard InChI is InChI=1S/C14H14BrN3O/c1-2-16-12-6-3-10(4-7-12)14(19)18-13-8-5-11(15)9-17-13/h3-9,16H,2H2,1H3,(H,17,18,19). The SMILES string of the molecule is CCNc1ccc(C(=O)Nc2ccc(Br)cn2)cc1. The van der Waals surface area contributed by atoms with Gasteiger partial charge in [-0.15, -0.1) is 0 Å². The van der Waals surface area contributed by atoms with Crippen LogP contribution in [-0.2, 0) is 0 Å². The molecule has 0 saturated heterocycles. The van der Waals surface area contributed by atoms with E-state index in [0.717, 1.165) is 16.7 Å². The van der Waals surface area contributed by atoms with Gasteiger partial charge in [-0.05, 0) is 59.3 Å². The Labute approximate surface area is 120 Å². The molecule has 1 heterocycles. The number of hydrogen-bond acceptors (Lipinski definition) is 3. The summed E-state index contributed by atoms with van der Waals surface area (Å²) >= 11 is 3.30. The molecule has 19 heavy (non-hydrogen) atoms. The molecule has 1 aromatic heterocycles. The Hall–Kier alpha value is -1.88. The summed E-state index contributed by atoms with van der Waals surface area (Å²) in [4.78, 5) is 16.1. The zero-order chi connectivity index (χ0) is 13.7. The van der Waals surface area contributed by atoms with Crippen LogP contribution in [-0.4, -0.2) is 17.4 Å². The maximum Gasteiger partial charge on any atom is 0.256 e. The Bertz CT molecular complexity index is 552. The molecule has 0 aliphatic heterocycles. The van der Waals surface area contributed by atoms with Crippen LogP contribution in [0.5, 0.6) is 0 Å². The zero-order valence-corrected chi connectivity index (χ0v) is 12.1. The van der Waals surface area contributed by atoms with Crippen LogP contribution in [0, 0.1) is 0 Å². The van der Waals surface area contributed by atoms with Crippen molar-refractivity contribution < 1.29 is 4.79 Å². The normalized spacial score (nSPS) is 10.0. The molecule has 0 radical (unpaired) electrons. The molecule has 0 fully saturated rings. The number of amides is 1. The monoisotopic (exact) mass is 319 g/mol. The first kappa shape index (κ1) is 13.5. The predicted octanol–water partition coefficient (Wildman–Crippen LogP) is 3.53. The summed E-state index contributed by atoms with van der Waals surface area (Å²) in [6, 6.07) is 10.9. The van der Waals surface area contributed by atoms with Gasteiger partial charge in [-0.2, -0.15) is 0 Å². The molecule has 0 aliphatic carbocycles. The molecule has 0 bridgehead atoms. The van der Waals surface area contributed by atoms with Crippen molar-refractivity contribution in [3.05, 3.63) is 52.6 Å². The molecule has 0 spiro atoms. The van der Waals surface area contributed by atoms with E-state index in [4.69, 9.17) is 0 Å². The second kappa shape index (κ2) is 6.33. The number of benzene rings is 1. The lowest BCUT2D eigenvalue weighted by atomic mass is 10.2. The fourth-order valence-electron chi connectivity index (χ4n) is 1.58. The van der Waals surface area contributed by atoms with E-state index in [9.17, 15) is 4.79 Å².